The van der Waals surface area contributed by atoms with Crippen molar-refractivity contribution in [2.24, 2.45) is 11.8 Å². The number of likely N-dealkylation sites (tertiary alicyclic amines) is 2. The normalized spacial score (nSPS) is 22.8. The second kappa shape index (κ2) is 7.47. The highest BCUT2D eigenvalue weighted by atomic mass is 19.1. The minimum absolute atomic E-state index is 0.00892. The Hall–Kier alpha value is -1.69. The SMILES string of the molecule is CNC(=O)N1CCC(C2CCN(Cc3cc(F)cc(F)c3)C2)CC1. The van der Waals surface area contributed by atoms with Gasteiger partial charge in [-0.3, -0.25) is 4.90 Å². The summed E-state index contributed by atoms with van der Waals surface area (Å²) in [6.45, 7) is 4.18. The third-order valence-electron chi connectivity index (χ3n) is 5.34. The molecule has 0 aliphatic carbocycles. The Morgan fingerprint density at radius 3 is 2.33 bits per heavy atom. The molecule has 24 heavy (non-hydrogen) atoms. The van der Waals surface area contributed by atoms with Crippen LogP contribution in [0.25, 0.3) is 0 Å². The number of hydrogen-bond donors (Lipinski definition) is 1. The van der Waals surface area contributed by atoms with Gasteiger partial charge >= 0.3 is 6.03 Å². The third kappa shape index (κ3) is 4.04. The molecule has 3 rings (SSSR count). The summed E-state index contributed by atoms with van der Waals surface area (Å²) in [4.78, 5) is 15.8. The number of carbonyl (C=O) groups is 1. The molecule has 2 aliphatic heterocycles. The van der Waals surface area contributed by atoms with Crippen LogP contribution in [0.1, 0.15) is 24.8 Å². The fourth-order valence-corrected chi connectivity index (χ4v) is 4.08. The fraction of sp³-hybridized carbons (Fsp3) is 0.611. The Morgan fingerprint density at radius 2 is 1.71 bits per heavy atom. The maximum atomic E-state index is 13.3. The standard InChI is InChI=1S/C18H25F2N3O/c1-21-18(24)23-6-3-14(4-7-23)15-2-5-22(12-15)11-13-8-16(19)10-17(20)9-13/h8-10,14-15H,2-7,11-12H2,1H3,(H,21,24). The predicted molar refractivity (Wildman–Crippen MR) is 88.5 cm³/mol. The minimum atomic E-state index is -0.512. The molecular formula is C18H25F2N3O. The molecule has 0 bridgehead atoms. The zero-order chi connectivity index (χ0) is 17.1. The number of rotatable bonds is 3. The number of urea groups is 1. The highest BCUT2D eigenvalue weighted by Gasteiger charge is 2.32. The van der Waals surface area contributed by atoms with E-state index in [1.54, 1.807) is 7.05 Å². The van der Waals surface area contributed by atoms with E-state index in [0.717, 1.165) is 51.5 Å². The molecule has 2 aliphatic rings. The molecule has 2 saturated heterocycles. The van der Waals surface area contributed by atoms with Crippen molar-refractivity contribution in [2.45, 2.75) is 25.8 Å². The summed E-state index contributed by atoms with van der Waals surface area (Å²) in [7, 11) is 1.67. The molecule has 1 unspecified atom stereocenters. The molecule has 4 nitrogen and oxygen atoms in total. The van der Waals surface area contributed by atoms with Crippen LogP contribution in [0.3, 0.4) is 0 Å². The van der Waals surface area contributed by atoms with Crippen LogP contribution in [0.15, 0.2) is 18.2 Å². The molecule has 0 radical (unpaired) electrons. The predicted octanol–water partition coefficient (Wildman–Crippen LogP) is 2.84. The number of carbonyl (C=O) groups excluding carboxylic acids is 1. The van der Waals surface area contributed by atoms with E-state index in [0.29, 0.717) is 23.9 Å². The van der Waals surface area contributed by atoms with Gasteiger partial charge in [-0.25, -0.2) is 13.6 Å². The first-order chi connectivity index (χ1) is 11.5. The first kappa shape index (κ1) is 17.1. The summed E-state index contributed by atoms with van der Waals surface area (Å²) < 4.78 is 26.6. The van der Waals surface area contributed by atoms with E-state index >= 15 is 0 Å². The van der Waals surface area contributed by atoms with Crippen molar-refractivity contribution < 1.29 is 13.6 Å². The largest absolute Gasteiger partial charge is 0.341 e. The Bertz CT molecular complexity index is 567. The molecule has 1 aromatic rings. The molecule has 1 aromatic carbocycles. The van der Waals surface area contributed by atoms with E-state index in [4.69, 9.17) is 0 Å². The van der Waals surface area contributed by atoms with Crippen molar-refractivity contribution in [1.82, 2.24) is 15.1 Å². The van der Waals surface area contributed by atoms with Gasteiger partial charge in [0.1, 0.15) is 11.6 Å². The zero-order valence-electron chi connectivity index (χ0n) is 14.1. The molecule has 0 spiro atoms. The summed E-state index contributed by atoms with van der Waals surface area (Å²) in [6, 6.07) is 3.75. The van der Waals surface area contributed by atoms with Gasteiger partial charge in [-0.15, -0.1) is 0 Å². The Labute approximate surface area is 141 Å². The van der Waals surface area contributed by atoms with Crippen LogP contribution in [-0.4, -0.2) is 49.1 Å². The van der Waals surface area contributed by atoms with Gasteiger partial charge in [0, 0.05) is 39.3 Å². The number of benzene rings is 1. The van der Waals surface area contributed by atoms with E-state index in [2.05, 4.69) is 10.2 Å². The number of piperidine rings is 1. The lowest BCUT2D eigenvalue weighted by Gasteiger charge is -2.34. The second-order valence-corrected chi connectivity index (χ2v) is 6.94. The lowest BCUT2D eigenvalue weighted by molar-refractivity contribution is 0.150. The van der Waals surface area contributed by atoms with Crippen LogP contribution >= 0.6 is 0 Å². The molecule has 0 saturated carbocycles. The Kier molecular flexibility index (Phi) is 5.33. The summed E-state index contributed by atoms with van der Waals surface area (Å²) in [5.41, 5.74) is 0.697. The van der Waals surface area contributed by atoms with Crippen LogP contribution in [0.4, 0.5) is 13.6 Å². The van der Waals surface area contributed by atoms with Crippen molar-refractivity contribution in [3.8, 4) is 0 Å². The number of halogens is 2. The van der Waals surface area contributed by atoms with E-state index < -0.39 is 11.6 Å². The summed E-state index contributed by atoms with van der Waals surface area (Å²) >= 11 is 0. The molecular weight excluding hydrogens is 312 g/mol. The first-order valence-electron chi connectivity index (χ1n) is 8.69. The Morgan fingerprint density at radius 1 is 1.08 bits per heavy atom. The average molecular weight is 337 g/mol. The van der Waals surface area contributed by atoms with Gasteiger partial charge in [0.25, 0.3) is 0 Å². The number of nitrogens with zero attached hydrogens (tertiary/aromatic N) is 2. The van der Waals surface area contributed by atoms with Gasteiger partial charge in [0.05, 0.1) is 0 Å². The Balaban J connectivity index is 1.50. The average Bonchev–Trinajstić information content (AvgIpc) is 3.01. The molecule has 2 heterocycles. The van der Waals surface area contributed by atoms with Crippen LogP contribution in [0, 0.1) is 23.5 Å². The first-order valence-corrected chi connectivity index (χ1v) is 8.69. The van der Waals surface area contributed by atoms with Gasteiger partial charge in [-0.1, -0.05) is 0 Å². The zero-order valence-corrected chi connectivity index (χ0v) is 14.1. The quantitative estimate of drug-likeness (QED) is 0.921. The third-order valence-corrected chi connectivity index (χ3v) is 5.34. The van der Waals surface area contributed by atoms with Gasteiger partial charge in [-0.05, 0) is 55.3 Å². The van der Waals surface area contributed by atoms with Gasteiger partial charge in [0.15, 0.2) is 0 Å². The van der Waals surface area contributed by atoms with Gasteiger partial charge < -0.3 is 10.2 Å². The monoisotopic (exact) mass is 337 g/mol. The smallest absolute Gasteiger partial charge is 0.317 e. The highest BCUT2D eigenvalue weighted by molar-refractivity contribution is 5.73. The number of hydrogen-bond acceptors (Lipinski definition) is 2. The topological polar surface area (TPSA) is 35.6 Å². The van der Waals surface area contributed by atoms with Gasteiger partial charge in [0.2, 0.25) is 0 Å². The van der Waals surface area contributed by atoms with Crippen LogP contribution in [0.5, 0.6) is 0 Å². The van der Waals surface area contributed by atoms with Crippen LogP contribution < -0.4 is 5.32 Å². The number of nitrogens with one attached hydrogen (secondary N) is 1. The van der Waals surface area contributed by atoms with Crippen molar-refractivity contribution in [1.29, 1.82) is 0 Å². The highest BCUT2D eigenvalue weighted by Crippen LogP contribution is 2.32. The van der Waals surface area contributed by atoms with Crippen molar-refractivity contribution in [3.63, 3.8) is 0 Å². The van der Waals surface area contributed by atoms with Gasteiger partial charge in [-0.2, -0.15) is 0 Å². The summed E-state index contributed by atoms with van der Waals surface area (Å²) in [5, 5.41) is 2.68. The fourth-order valence-electron chi connectivity index (χ4n) is 4.08. The molecule has 2 amide bonds. The van der Waals surface area contributed by atoms with Crippen molar-refractivity contribution in [2.75, 3.05) is 33.2 Å². The van der Waals surface area contributed by atoms with Crippen LogP contribution in [-0.2, 0) is 6.54 Å². The molecule has 1 atom stereocenters. The molecule has 2 fully saturated rings. The maximum absolute atomic E-state index is 13.3. The lowest BCUT2D eigenvalue weighted by atomic mass is 9.84. The van der Waals surface area contributed by atoms with E-state index in [1.165, 1.54) is 12.1 Å². The lowest BCUT2D eigenvalue weighted by Crippen LogP contribution is -2.44. The molecule has 0 aromatic heterocycles. The van der Waals surface area contributed by atoms with Crippen LogP contribution in [0.2, 0.25) is 0 Å². The van der Waals surface area contributed by atoms with Crippen molar-refractivity contribution >= 4 is 6.03 Å². The molecule has 6 heteroatoms. The maximum Gasteiger partial charge on any atom is 0.317 e. The molecule has 132 valence electrons. The second-order valence-electron chi connectivity index (χ2n) is 6.94. The number of amides is 2. The van der Waals surface area contributed by atoms with E-state index in [9.17, 15) is 13.6 Å². The summed E-state index contributed by atoms with van der Waals surface area (Å²) in [6.07, 6.45) is 3.21. The van der Waals surface area contributed by atoms with E-state index in [1.807, 2.05) is 4.90 Å². The summed E-state index contributed by atoms with van der Waals surface area (Å²) in [5.74, 6) is 0.236. The molecule has 1 N–H and O–H groups in total. The van der Waals surface area contributed by atoms with E-state index in [-0.39, 0.29) is 6.03 Å². The van der Waals surface area contributed by atoms with Crippen molar-refractivity contribution in [3.05, 3.63) is 35.4 Å². The minimum Gasteiger partial charge on any atom is -0.341 e.